The highest BCUT2D eigenvalue weighted by Gasteiger charge is 2.32. The van der Waals surface area contributed by atoms with Gasteiger partial charge in [-0.15, -0.1) is 0 Å². The van der Waals surface area contributed by atoms with Gasteiger partial charge < -0.3 is 15.1 Å². The summed E-state index contributed by atoms with van der Waals surface area (Å²) in [7, 11) is 5.20. The van der Waals surface area contributed by atoms with E-state index in [1.165, 1.54) is 16.0 Å². The standard InChI is InChI=1S/C20H30N4O2/c1-22(2)20(26)21-13-19(25)23(3)17-9-6-10-24(14-17)18-11-15-7-4-5-8-16(15)12-18/h4-5,7-8,17-18H,6,9-14H2,1-3H3,(H,21,26). The van der Waals surface area contributed by atoms with E-state index in [1.54, 1.807) is 14.1 Å². The molecular weight excluding hydrogens is 328 g/mol. The van der Waals surface area contributed by atoms with Crippen molar-refractivity contribution in [3.63, 3.8) is 0 Å². The van der Waals surface area contributed by atoms with Crippen LogP contribution >= 0.6 is 0 Å². The van der Waals surface area contributed by atoms with Crippen molar-refractivity contribution in [2.24, 2.45) is 0 Å². The number of rotatable bonds is 4. The first-order valence-electron chi connectivity index (χ1n) is 9.47. The Labute approximate surface area is 156 Å². The first-order chi connectivity index (χ1) is 12.5. The number of benzene rings is 1. The monoisotopic (exact) mass is 358 g/mol. The maximum atomic E-state index is 12.4. The van der Waals surface area contributed by atoms with E-state index in [-0.39, 0.29) is 24.5 Å². The first-order valence-corrected chi connectivity index (χ1v) is 9.47. The molecule has 26 heavy (non-hydrogen) atoms. The average Bonchev–Trinajstić information content (AvgIpc) is 3.09. The molecule has 1 aliphatic heterocycles. The van der Waals surface area contributed by atoms with Crippen LogP contribution in [0.3, 0.4) is 0 Å². The number of fused-ring (bicyclic) bond motifs is 1. The van der Waals surface area contributed by atoms with Gasteiger partial charge in [-0.3, -0.25) is 9.69 Å². The van der Waals surface area contributed by atoms with Crippen molar-refractivity contribution < 1.29 is 9.59 Å². The number of amides is 3. The lowest BCUT2D eigenvalue weighted by atomic mass is 10.0. The number of carbonyl (C=O) groups is 2. The van der Waals surface area contributed by atoms with Crippen LogP contribution in [0, 0.1) is 0 Å². The van der Waals surface area contributed by atoms with Gasteiger partial charge in [0.15, 0.2) is 0 Å². The molecule has 0 radical (unpaired) electrons. The second kappa shape index (κ2) is 8.08. The van der Waals surface area contributed by atoms with Gasteiger partial charge in [0.2, 0.25) is 5.91 Å². The van der Waals surface area contributed by atoms with Crippen molar-refractivity contribution in [3.8, 4) is 0 Å². The molecule has 1 saturated heterocycles. The maximum Gasteiger partial charge on any atom is 0.317 e. The largest absolute Gasteiger partial charge is 0.340 e. The number of nitrogens with one attached hydrogen (secondary N) is 1. The summed E-state index contributed by atoms with van der Waals surface area (Å²) in [6.07, 6.45) is 4.36. The zero-order chi connectivity index (χ0) is 18.7. The fraction of sp³-hybridized carbons (Fsp3) is 0.600. The van der Waals surface area contributed by atoms with Crippen LogP contribution in [-0.2, 0) is 17.6 Å². The summed E-state index contributed by atoms with van der Waals surface area (Å²) in [4.78, 5) is 29.9. The Hall–Kier alpha value is -2.08. The summed E-state index contributed by atoms with van der Waals surface area (Å²) >= 11 is 0. The summed E-state index contributed by atoms with van der Waals surface area (Å²) in [6, 6.07) is 9.24. The van der Waals surface area contributed by atoms with E-state index < -0.39 is 0 Å². The molecule has 2 aliphatic rings. The highest BCUT2D eigenvalue weighted by Crippen LogP contribution is 2.28. The van der Waals surface area contributed by atoms with Gasteiger partial charge in [0.05, 0.1) is 6.54 Å². The van der Waals surface area contributed by atoms with Crippen molar-refractivity contribution in [3.05, 3.63) is 35.4 Å². The van der Waals surface area contributed by atoms with Crippen LogP contribution < -0.4 is 5.32 Å². The molecule has 0 saturated carbocycles. The quantitative estimate of drug-likeness (QED) is 0.884. The summed E-state index contributed by atoms with van der Waals surface area (Å²) in [5.74, 6) is -0.0261. The van der Waals surface area contributed by atoms with Gasteiger partial charge in [0.1, 0.15) is 0 Å². The molecule has 6 nitrogen and oxygen atoms in total. The molecule has 3 rings (SSSR count). The molecule has 0 spiro atoms. The summed E-state index contributed by atoms with van der Waals surface area (Å²) < 4.78 is 0. The summed E-state index contributed by atoms with van der Waals surface area (Å²) in [6.45, 7) is 2.08. The lowest BCUT2D eigenvalue weighted by Gasteiger charge is -2.40. The van der Waals surface area contributed by atoms with E-state index in [0.29, 0.717) is 6.04 Å². The van der Waals surface area contributed by atoms with Crippen LogP contribution in [0.4, 0.5) is 4.79 Å². The third kappa shape index (κ3) is 4.18. The van der Waals surface area contributed by atoms with E-state index in [4.69, 9.17) is 0 Å². The number of nitrogens with zero attached hydrogens (tertiary/aromatic N) is 3. The third-order valence-corrected chi connectivity index (χ3v) is 5.71. The number of hydrogen-bond donors (Lipinski definition) is 1. The van der Waals surface area contributed by atoms with Crippen molar-refractivity contribution >= 4 is 11.9 Å². The average molecular weight is 358 g/mol. The van der Waals surface area contributed by atoms with Gasteiger partial charge in [-0.1, -0.05) is 24.3 Å². The zero-order valence-corrected chi connectivity index (χ0v) is 16.1. The molecule has 1 aromatic rings. The minimum Gasteiger partial charge on any atom is -0.340 e. The first kappa shape index (κ1) is 18.7. The van der Waals surface area contributed by atoms with E-state index in [9.17, 15) is 9.59 Å². The van der Waals surface area contributed by atoms with Gasteiger partial charge in [-0.25, -0.2) is 4.79 Å². The molecule has 1 N–H and O–H groups in total. The van der Waals surface area contributed by atoms with Gasteiger partial charge in [0.25, 0.3) is 0 Å². The van der Waals surface area contributed by atoms with Crippen LogP contribution in [0.1, 0.15) is 24.0 Å². The number of piperidine rings is 1. The molecule has 0 bridgehead atoms. The lowest BCUT2D eigenvalue weighted by Crippen LogP contribution is -2.53. The topological polar surface area (TPSA) is 55.9 Å². The predicted octanol–water partition coefficient (Wildman–Crippen LogP) is 1.35. The number of likely N-dealkylation sites (N-methyl/N-ethyl adjacent to an activating group) is 1. The molecule has 1 atom stereocenters. The molecular formula is C20H30N4O2. The molecule has 3 amide bonds. The Balaban J connectivity index is 1.53. The molecule has 1 aliphatic carbocycles. The van der Waals surface area contributed by atoms with Crippen LogP contribution in [-0.4, -0.2) is 79.5 Å². The minimum absolute atomic E-state index is 0.0261. The lowest BCUT2D eigenvalue weighted by molar-refractivity contribution is -0.132. The summed E-state index contributed by atoms with van der Waals surface area (Å²) in [5, 5.41) is 2.66. The number of urea groups is 1. The number of carbonyl (C=O) groups excluding carboxylic acids is 2. The zero-order valence-electron chi connectivity index (χ0n) is 16.1. The molecule has 0 aromatic heterocycles. The SMILES string of the molecule is CN(C)C(=O)NCC(=O)N(C)C1CCCN(C2Cc3ccccc3C2)C1. The number of hydrogen-bond acceptors (Lipinski definition) is 3. The van der Waals surface area contributed by atoms with E-state index in [2.05, 4.69) is 34.5 Å². The Morgan fingerprint density at radius 2 is 1.81 bits per heavy atom. The molecule has 1 fully saturated rings. The maximum absolute atomic E-state index is 12.4. The van der Waals surface area contributed by atoms with Crippen LogP contribution in [0.5, 0.6) is 0 Å². The normalized spacial score (nSPS) is 20.5. The molecule has 1 unspecified atom stereocenters. The van der Waals surface area contributed by atoms with Gasteiger partial charge in [-0.05, 0) is 43.4 Å². The molecule has 142 valence electrons. The molecule has 1 heterocycles. The Bertz CT molecular complexity index is 636. The van der Waals surface area contributed by atoms with Crippen molar-refractivity contribution in [1.29, 1.82) is 0 Å². The van der Waals surface area contributed by atoms with E-state index in [0.717, 1.165) is 38.8 Å². The fourth-order valence-electron chi connectivity index (χ4n) is 4.06. The highest BCUT2D eigenvalue weighted by molar-refractivity contribution is 5.83. The molecule has 1 aromatic carbocycles. The van der Waals surface area contributed by atoms with Crippen LogP contribution in [0.2, 0.25) is 0 Å². The van der Waals surface area contributed by atoms with E-state index in [1.807, 2.05) is 11.9 Å². The van der Waals surface area contributed by atoms with Gasteiger partial charge in [0, 0.05) is 39.8 Å². The minimum atomic E-state index is -0.235. The van der Waals surface area contributed by atoms with Crippen molar-refractivity contribution in [2.75, 3.05) is 40.8 Å². The highest BCUT2D eigenvalue weighted by atomic mass is 16.2. The number of likely N-dealkylation sites (tertiary alicyclic amines) is 1. The smallest absolute Gasteiger partial charge is 0.317 e. The van der Waals surface area contributed by atoms with Gasteiger partial charge >= 0.3 is 6.03 Å². The Morgan fingerprint density at radius 3 is 2.42 bits per heavy atom. The Morgan fingerprint density at radius 1 is 1.15 bits per heavy atom. The van der Waals surface area contributed by atoms with Crippen LogP contribution in [0.15, 0.2) is 24.3 Å². The van der Waals surface area contributed by atoms with Crippen molar-refractivity contribution in [1.82, 2.24) is 20.0 Å². The van der Waals surface area contributed by atoms with Gasteiger partial charge in [-0.2, -0.15) is 0 Å². The second-order valence-electron chi connectivity index (χ2n) is 7.68. The Kier molecular flexibility index (Phi) is 5.81. The molecule has 6 heteroatoms. The summed E-state index contributed by atoms with van der Waals surface area (Å²) in [5.41, 5.74) is 2.94. The third-order valence-electron chi connectivity index (χ3n) is 5.71. The van der Waals surface area contributed by atoms with E-state index >= 15 is 0 Å². The van der Waals surface area contributed by atoms with Crippen LogP contribution in [0.25, 0.3) is 0 Å². The fourth-order valence-corrected chi connectivity index (χ4v) is 4.06. The predicted molar refractivity (Wildman–Crippen MR) is 102 cm³/mol. The van der Waals surface area contributed by atoms with Crippen molar-refractivity contribution in [2.45, 2.75) is 37.8 Å². The second-order valence-corrected chi connectivity index (χ2v) is 7.68.